The zero-order chi connectivity index (χ0) is 13.6. The third-order valence-electron chi connectivity index (χ3n) is 3.69. The Bertz CT molecular complexity index is 576. The molecule has 1 aromatic carbocycles. The topological polar surface area (TPSA) is 69.4 Å². The van der Waals surface area contributed by atoms with Gasteiger partial charge in [-0.1, -0.05) is 19.9 Å². The number of sulfonamides is 1. The van der Waals surface area contributed by atoms with E-state index in [2.05, 4.69) is 13.8 Å². The molecule has 1 aliphatic carbocycles. The highest BCUT2D eigenvalue weighted by atomic mass is 32.2. The Hall–Kier alpha value is -1.07. The Morgan fingerprint density at radius 2 is 2.00 bits per heavy atom. The van der Waals surface area contributed by atoms with Crippen LogP contribution < -0.4 is 9.88 Å². The molecule has 100 valence electrons. The number of methoxy groups -OCH3 is 1. The molecule has 0 spiro atoms. The van der Waals surface area contributed by atoms with Crippen molar-refractivity contribution in [2.45, 2.75) is 43.4 Å². The van der Waals surface area contributed by atoms with Crippen LogP contribution in [0.15, 0.2) is 17.0 Å². The van der Waals surface area contributed by atoms with Gasteiger partial charge in [-0.25, -0.2) is 13.6 Å². The molecule has 0 amide bonds. The van der Waals surface area contributed by atoms with Crippen LogP contribution in [0.3, 0.4) is 0 Å². The largest absolute Gasteiger partial charge is 0.495 e. The molecule has 0 heterocycles. The lowest BCUT2D eigenvalue weighted by molar-refractivity contribution is 0.391. The van der Waals surface area contributed by atoms with Crippen molar-refractivity contribution in [2.75, 3.05) is 7.11 Å². The molecular weight excluding hydrogens is 250 g/mol. The number of nitrogens with two attached hydrogens (primary N) is 1. The summed E-state index contributed by atoms with van der Waals surface area (Å²) in [6.45, 7) is 4.26. The minimum atomic E-state index is -3.76. The van der Waals surface area contributed by atoms with Crippen molar-refractivity contribution < 1.29 is 13.2 Å². The van der Waals surface area contributed by atoms with Gasteiger partial charge in [0.05, 0.1) is 7.11 Å². The van der Waals surface area contributed by atoms with Gasteiger partial charge in [-0.05, 0) is 41.9 Å². The molecule has 18 heavy (non-hydrogen) atoms. The number of hydrogen-bond acceptors (Lipinski definition) is 3. The molecule has 0 saturated heterocycles. The first-order valence-electron chi connectivity index (χ1n) is 6.00. The lowest BCUT2D eigenvalue weighted by atomic mass is 9.73. The third kappa shape index (κ3) is 2.12. The van der Waals surface area contributed by atoms with E-state index in [9.17, 15) is 8.42 Å². The zero-order valence-corrected chi connectivity index (χ0v) is 11.8. The molecule has 0 aliphatic heterocycles. The average Bonchev–Trinajstić information content (AvgIpc) is 2.25. The summed E-state index contributed by atoms with van der Waals surface area (Å²) in [4.78, 5) is 0.162. The highest BCUT2D eigenvalue weighted by Gasteiger charge is 2.32. The Labute approximate surface area is 108 Å². The highest BCUT2D eigenvalue weighted by Crippen LogP contribution is 2.41. The van der Waals surface area contributed by atoms with E-state index in [1.807, 2.05) is 6.07 Å². The minimum absolute atomic E-state index is 0.0146. The molecule has 4 nitrogen and oxygen atoms in total. The molecule has 0 aromatic heterocycles. The fourth-order valence-corrected chi connectivity index (χ4v) is 3.79. The molecule has 5 heteroatoms. The highest BCUT2D eigenvalue weighted by molar-refractivity contribution is 7.89. The van der Waals surface area contributed by atoms with Gasteiger partial charge in [0.2, 0.25) is 10.0 Å². The van der Waals surface area contributed by atoms with Gasteiger partial charge in [0.15, 0.2) is 0 Å². The molecule has 0 unspecified atom stereocenters. The van der Waals surface area contributed by atoms with Gasteiger partial charge in [0.25, 0.3) is 0 Å². The Morgan fingerprint density at radius 1 is 1.33 bits per heavy atom. The molecule has 0 bridgehead atoms. The minimum Gasteiger partial charge on any atom is -0.495 e. The maximum absolute atomic E-state index is 11.8. The predicted molar refractivity (Wildman–Crippen MR) is 70.3 cm³/mol. The van der Waals surface area contributed by atoms with E-state index in [0.29, 0.717) is 5.75 Å². The smallest absolute Gasteiger partial charge is 0.242 e. The summed E-state index contributed by atoms with van der Waals surface area (Å²) in [5.41, 5.74) is 1.88. The van der Waals surface area contributed by atoms with Crippen LogP contribution in [0.2, 0.25) is 0 Å². The van der Waals surface area contributed by atoms with E-state index in [0.717, 1.165) is 30.4 Å². The van der Waals surface area contributed by atoms with Gasteiger partial charge in [-0.2, -0.15) is 0 Å². The summed E-state index contributed by atoms with van der Waals surface area (Å²) in [6, 6.07) is 3.66. The second kappa shape index (κ2) is 4.24. The van der Waals surface area contributed by atoms with Crippen LogP contribution in [0.4, 0.5) is 0 Å². The molecular formula is C13H19NO3S. The predicted octanol–water partition coefficient (Wildman–Crippen LogP) is 1.96. The number of benzene rings is 1. The van der Waals surface area contributed by atoms with Crippen LogP contribution >= 0.6 is 0 Å². The second-order valence-corrected chi connectivity index (χ2v) is 6.90. The summed E-state index contributed by atoms with van der Waals surface area (Å²) in [6.07, 6.45) is 2.76. The van der Waals surface area contributed by atoms with E-state index in [1.165, 1.54) is 7.11 Å². The maximum atomic E-state index is 11.8. The van der Waals surface area contributed by atoms with Crippen molar-refractivity contribution in [2.24, 2.45) is 5.14 Å². The van der Waals surface area contributed by atoms with Gasteiger partial charge >= 0.3 is 0 Å². The first-order valence-corrected chi connectivity index (χ1v) is 7.55. The van der Waals surface area contributed by atoms with Crippen molar-refractivity contribution in [1.29, 1.82) is 0 Å². The van der Waals surface area contributed by atoms with E-state index in [-0.39, 0.29) is 10.3 Å². The average molecular weight is 269 g/mol. The molecule has 0 atom stereocenters. The SMILES string of the molecule is COc1ccc2c(c1S(N)(=O)=O)CCCC2(C)C. The van der Waals surface area contributed by atoms with Crippen molar-refractivity contribution in [3.8, 4) is 5.75 Å². The van der Waals surface area contributed by atoms with Crippen LogP contribution in [0, 0.1) is 0 Å². The van der Waals surface area contributed by atoms with Crippen molar-refractivity contribution in [1.82, 2.24) is 0 Å². The maximum Gasteiger partial charge on any atom is 0.242 e. The van der Waals surface area contributed by atoms with E-state index in [1.54, 1.807) is 6.07 Å². The van der Waals surface area contributed by atoms with Crippen LogP contribution in [-0.2, 0) is 21.9 Å². The van der Waals surface area contributed by atoms with Crippen LogP contribution in [-0.4, -0.2) is 15.5 Å². The van der Waals surface area contributed by atoms with Crippen molar-refractivity contribution >= 4 is 10.0 Å². The Morgan fingerprint density at radius 3 is 2.56 bits per heavy atom. The second-order valence-electron chi connectivity index (χ2n) is 5.41. The van der Waals surface area contributed by atoms with E-state index >= 15 is 0 Å². The van der Waals surface area contributed by atoms with Gasteiger partial charge in [0, 0.05) is 0 Å². The fourth-order valence-electron chi connectivity index (χ4n) is 2.80. The monoisotopic (exact) mass is 269 g/mol. The number of ether oxygens (including phenoxy) is 1. The molecule has 1 aromatic rings. The van der Waals surface area contributed by atoms with Gasteiger partial charge in [-0.15, -0.1) is 0 Å². The number of primary sulfonamides is 1. The van der Waals surface area contributed by atoms with Crippen LogP contribution in [0.1, 0.15) is 37.8 Å². The lowest BCUT2D eigenvalue weighted by Crippen LogP contribution is -2.27. The first kappa shape index (κ1) is 13.4. The Kier molecular flexibility index (Phi) is 3.15. The van der Waals surface area contributed by atoms with E-state index in [4.69, 9.17) is 9.88 Å². The number of fused-ring (bicyclic) bond motifs is 1. The van der Waals surface area contributed by atoms with Gasteiger partial charge in [0.1, 0.15) is 10.6 Å². The number of hydrogen-bond donors (Lipinski definition) is 1. The van der Waals surface area contributed by atoms with Crippen molar-refractivity contribution in [3.63, 3.8) is 0 Å². The summed E-state index contributed by atoms with van der Waals surface area (Å²) in [5.74, 6) is 0.342. The van der Waals surface area contributed by atoms with E-state index < -0.39 is 10.0 Å². The molecule has 0 radical (unpaired) electrons. The molecule has 0 fully saturated rings. The van der Waals surface area contributed by atoms with Crippen LogP contribution in [0.5, 0.6) is 5.75 Å². The van der Waals surface area contributed by atoms with Crippen LogP contribution in [0.25, 0.3) is 0 Å². The molecule has 1 aliphatic rings. The first-order chi connectivity index (χ1) is 8.27. The summed E-state index contributed by atoms with van der Waals surface area (Å²) < 4.78 is 28.7. The normalized spacial score (nSPS) is 18.2. The molecule has 2 N–H and O–H groups in total. The summed E-state index contributed by atoms with van der Waals surface area (Å²) in [5, 5.41) is 5.34. The molecule has 0 saturated carbocycles. The van der Waals surface area contributed by atoms with Gasteiger partial charge < -0.3 is 4.74 Å². The third-order valence-corrected chi connectivity index (χ3v) is 4.70. The number of rotatable bonds is 2. The Balaban J connectivity index is 2.79. The summed E-state index contributed by atoms with van der Waals surface area (Å²) in [7, 11) is -2.30. The van der Waals surface area contributed by atoms with Gasteiger partial charge in [-0.3, -0.25) is 0 Å². The summed E-state index contributed by atoms with van der Waals surface area (Å²) >= 11 is 0. The zero-order valence-electron chi connectivity index (χ0n) is 11.0. The fraction of sp³-hybridized carbons (Fsp3) is 0.538. The lowest BCUT2D eigenvalue weighted by Gasteiger charge is -2.33. The quantitative estimate of drug-likeness (QED) is 0.892. The van der Waals surface area contributed by atoms with Crippen molar-refractivity contribution in [3.05, 3.63) is 23.3 Å². The molecule has 2 rings (SSSR count). The standard InChI is InChI=1S/C13H19NO3S/c1-13(2)8-4-5-9-10(13)6-7-11(17-3)12(9)18(14,15)16/h6-7H,4-5,8H2,1-3H3,(H2,14,15,16).